The summed E-state index contributed by atoms with van der Waals surface area (Å²) in [4.78, 5) is 0. The zero-order valence-electron chi connectivity index (χ0n) is 16.3. The monoisotopic (exact) mass is 399 g/mol. The molecule has 0 bridgehead atoms. The Labute approximate surface area is 175 Å². The SMILES string of the molecule is C=C(/C=C(\C=C/C)CO)n1c(-c2cccc(Cl)c2)cc2c3ccccc3ccc21. The molecule has 0 radical (unpaired) electrons. The van der Waals surface area contributed by atoms with E-state index in [1.54, 1.807) is 0 Å². The molecular formula is C26H22ClNO. The zero-order chi connectivity index (χ0) is 20.4. The largest absolute Gasteiger partial charge is 0.392 e. The molecule has 0 saturated heterocycles. The van der Waals surface area contributed by atoms with Crippen LogP contribution >= 0.6 is 11.6 Å². The maximum absolute atomic E-state index is 9.69. The first-order valence-corrected chi connectivity index (χ1v) is 9.92. The second-order valence-electron chi connectivity index (χ2n) is 6.96. The van der Waals surface area contributed by atoms with Gasteiger partial charge in [-0.2, -0.15) is 0 Å². The van der Waals surface area contributed by atoms with E-state index in [2.05, 4.69) is 59.7 Å². The Balaban J connectivity index is 2.03. The third-order valence-corrected chi connectivity index (χ3v) is 5.27. The van der Waals surface area contributed by atoms with Crippen LogP contribution in [0, 0.1) is 0 Å². The molecule has 0 spiro atoms. The molecule has 2 nitrogen and oxygen atoms in total. The highest BCUT2D eigenvalue weighted by Gasteiger charge is 2.15. The minimum absolute atomic E-state index is 0.0437. The lowest BCUT2D eigenvalue weighted by Gasteiger charge is -2.13. The van der Waals surface area contributed by atoms with Crippen molar-refractivity contribution in [2.45, 2.75) is 6.92 Å². The first-order chi connectivity index (χ1) is 14.1. The van der Waals surface area contributed by atoms with Crippen LogP contribution < -0.4 is 0 Å². The Hall–Kier alpha value is -3.07. The quantitative estimate of drug-likeness (QED) is 0.356. The van der Waals surface area contributed by atoms with Crippen molar-refractivity contribution in [1.29, 1.82) is 0 Å². The highest BCUT2D eigenvalue weighted by molar-refractivity contribution is 6.30. The fraction of sp³-hybridized carbons (Fsp3) is 0.0769. The Morgan fingerprint density at radius 1 is 1.03 bits per heavy atom. The lowest BCUT2D eigenvalue weighted by atomic mass is 10.1. The summed E-state index contributed by atoms with van der Waals surface area (Å²) in [6.07, 6.45) is 5.72. The van der Waals surface area contributed by atoms with Crippen LogP contribution in [0.25, 0.3) is 38.6 Å². The number of allylic oxidation sites excluding steroid dienone is 3. The Bertz CT molecular complexity index is 1280. The van der Waals surface area contributed by atoms with E-state index < -0.39 is 0 Å². The van der Waals surface area contributed by atoms with Crippen LogP contribution in [-0.2, 0) is 0 Å². The van der Waals surface area contributed by atoms with Crippen molar-refractivity contribution in [1.82, 2.24) is 4.57 Å². The number of nitrogens with zero attached hydrogens (tertiary/aromatic N) is 1. The van der Waals surface area contributed by atoms with Gasteiger partial charge in [-0.3, -0.25) is 0 Å². The maximum atomic E-state index is 9.69. The van der Waals surface area contributed by atoms with E-state index >= 15 is 0 Å². The van der Waals surface area contributed by atoms with Crippen LogP contribution in [0.15, 0.2) is 97.1 Å². The van der Waals surface area contributed by atoms with Gasteiger partial charge in [-0.25, -0.2) is 0 Å². The van der Waals surface area contributed by atoms with Crippen LogP contribution in [0.5, 0.6) is 0 Å². The molecule has 4 rings (SSSR count). The number of aliphatic hydroxyl groups excluding tert-OH is 1. The molecule has 1 aromatic heterocycles. The van der Waals surface area contributed by atoms with Crippen molar-refractivity contribution in [3.8, 4) is 11.3 Å². The molecule has 1 heterocycles. The second-order valence-corrected chi connectivity index (χ2v) is 7.40. The second kappa shape index (κ2) is 8.12. The lowest BCUT2D eigenvalue weighted by Crippen LogP contribution is -1.98. The molecule has 1 N–H and O–H groups in total. The average Bonchev–Trinajstić information content (AvgIpc) is 3.13. The summed E-state index contributed by atoms with van der Waals surface area (Å²) in [5, 5.41) is 13.9. The molecule has 144 valence electrons. The van der Waals surface area contributed by atoms with Gasteiger partial charge in [-0.15, -0.1) is 0 Å². The number of benzene rings is 3. The first kappa shape index (κ1) is 19.3. The molecule has 0 aliphatic rings. The molecule has 0 saturated carbocycles. The summed E-state index contributed by atoms with van der Waals surface area (Å²) in [5.74, 6) is 0. The minimum Gasteiger partial charge on any atom is -0.392 e. The number of fused-ring (bicyclic) bond motifs is 3. The molecule has 0 unspecified atom stereocenters. The molecule has 0 aliphatic heterocycles. The third-order valence-electron chi connectivity index (χ3n) is 5.03. The van der Waals surface area contributed by atoms with Gasteiger partial charge in [0, 0.05) is 21.7 Å². The molecule has 3 heteroatoms. The molecular weight excluding hydrogens is 378 g/mol. The summed E-state index contributed by atoms with van der Waals surface area (Å²) in [7, 11) is 0. The van der Waals surface area contributed by atoms with Crippen molar-refractivity contribution in [3.63, 3.8) is 0 Å². The average molecular weight is 400 g/mol. The van der Waals surface area contributed by atoms with E-state index in [0.717, 1.165) is 33.4 Å². The standard InChI is InChI=1S/C26H22ClNO/c1-3-7-19(17-29)14-18(2)28-25-13-12-20-8-4-5-11-23(20)24(25)16-26(28)21-9-6-10-22(27)15-21/h3-16,29H,2,17H2,1H3/b7-3-,19-14+. The van der Waals surface area contributed by atoms with Gasteiger partial charge in [0.1, 0.15) is 0 Å². The third kappa shape index (κ3) is 3.65. The maximum Gasteiger partial charge on any atom is 0.0682 e. The van der Waals surface area contributed by atoms with Gasteiger partial charge < -0.3 is 9.67 Å². The summed E-state index contributed by atoms with van der Waals surface area (Å²) in [5.41, 5.74) is 4.68. The normalized spacial score (nSPS) is 12.3. The van der Waals surface area contributed by atoms with Crippen molar-refractivity contribution >= 4 is 39.0 Å². The summed E-state index contributed by atoms with van der Waals surface area (Å²) >= 11 is 6.28. The Kier molecular flexibility index (Phi) is 5.39. The fourth-order valence-corrected chi connectivity index (χ4v) is 3.96. The fourth-order valence-electron chi connectivity index (χ4n) is 3.77. The Morgan fingerprint density at radius 2 is 1.86 bits per heavy atom. The Morgan fingerprint density at radius 3 is 2.62 bits per heavy atom. The molecule has 0 amide bonds. The van der Waals surface area contributed by atoms with Gasteiger partial charge in [-0.05, 0) is 53.6 Å². The van der Waals surface area contributed by atoms with Gasteiger partial charge in [0.25, 0.3) is 0 Å². The van der Waals surface area contributed by atoms with E-state index in [9.17, 15) is 5.11 Å². The minimum atomic E-state index is -0.0437. The van der Waals surface area contributed by atoms with Gasteiger partial charge in [-0.1, -0.05) is 72.8 Å². The molecule has 0 aliphatic carbocycles. The van der Waals surface area contributed by atoms with E-state index in [4.69, 9.17) is 11.6 Å². The van der Waals surface area contributed by atoms with Crippen molar-refractivity contribution in [2.75, 3.05) is 6.61 Å². The zero-order valence-corrected chi connectivity index (χ0v) is 17.0. The van der Waals surface area contributed by atoms with Gasteiger partial charge in [0.15, 0.2) is 0 Å². The lowest BCUT2D eigenvalue weighted by molar-refractivity contribution is 0.335. The highest BCUT2D eigenvalue weighted by atomic mass is 35.5. The van der Waals surface area contributed by atoms with E-state index in [1.165, 1.54) is 10.8 Å². The van der Waals surface area contributed by atoms with Crippen molar-refractivity contribution in [2.24, 2.45) is 0 Å². The van der Waals surface area contributed by atoms with Crippen LogP contribution in [0.3, 0.4) is 0 Å². The van der Waals surface area contributed by atoms with Crippen LogP contribution in [0.1, 0.15) is 6.92 Å². The summed E-state index contributed by atoms with van der Waals surface area (Å²) in [6.45, 7) is 6.20. The number of aliphatic hydroxyl groups is 1. The molecule has 3 aromatic carbocycles. The molecule has 0 atom stereocenters. The number of halogens is 1. The predicted octanol–water partition coefficient (Wildman–Crippen LogP) is 7.08. The highest BCUT2D eigenvalue weighted by Crippen LogP contribution is 2.36. The molecule has 0 fully saturated rings. The number of aromatic nitrogens is 1. The summed E-state index contributed by atoms with van der Waals surface area (Å²) in [6, 6.07) is 22.7. The van der Waals surface area contributed by atoms with Crippen molar-refractivity contribution in [3.05, 3.63) is 102 Å². The predicted molar refractivity (Wildman–Crippen MR) is 125 cm³/mol. The summed E-state index contributed by atoms with van der Waals surface area (Å²) < 4.78 is 2.13. The van der Waals surface area contributed by atoms with E-state index in [1.807, 2.05) is 43.4 Å². The van der Waals surface area contributed by atoms with Gasteiger partial charge >= 0.3 is 0 Å². The number of rotatable bonds is 5. The van der Waals surface area contributed by atoms with Gasteiger partial charge in [0.05, 0.1) is 17.8 Å². The van der Waals surface area contributed by atoms with Crippen molar-refractivity contribution < 1.29 is 5.11 Å². The number of hydrogen-bond acceptors (Lipinski definition) is 1. The number of hydrogen-bond donors (Lipinski definition) is 1. The first-order valence-electron chi connectivity index (χ1n) is 9.55. The van der Waals surface area contributed by atoms with Crippen LogP contribution in [0.4, 0.5) is 0 Å². The molecule has 4 aromatic rings. The van der Waals surface area contributed by atoms with Crippen LogP contribution in [0.2, 0.25) is 5.02 Å². The van der Waals surface area contributed by atoms with E-state index in [-0.39, 0.29) is 6.61 Å². The van der Waals surface area contributed by atoms with E-state index in [0.29, 0.717) is 5.02 Å². The molecule has 29 heavy (non-hydrogen) atoms. The smallest absolute Gasteiger partial charge is 0.0682 e. The topological polar surface area (TPSA) is 25.2 Å². The van der Waals surface area contributed by atoms with Gasteiger partial charge in [0.2, 0.25) is 0 Å². The van der Waals surface area contributed by atoms with Crippen LogP contribution in [-0.4, -0.2) is 16.3 Å².